The minimum atomic E-state index is -0.436. The maximum atomic E-state index is 13.4. The van der Waals surface area contributed by atoms with Gasteiger partial charge in [-0.1, -0.05) is 13.8 Å². The first-order valence-electron chi connectivity index (χ1n) is 12.1. The second-order valence-electron chi connectivity index (χ2n) is 9.17. The van der Waals surface area contributed by atoms with E-state index in [0.717, 1.165) is 0 Å². The molecule has 0 bridgehead atoms. The van der Waals surface area contributed by atoms with E-state index in [1.807, 2.05) is 20.8 Å². The molecule has 1 N–H and O–H groups in total. The molecule has 0 radical (unpaired) electrons. The van der Waals surface area contributed by atoms with E-state index in [4.69, 9.17) is 9.47 Å². The summed E-state index contributed by atoms with van der Waals surface area (Å²) in [5, 5.41) is 2.75. The molecule has 1 aliphatic heterocycles. The molecule has 0 saturated heterocycles. The zero-order chi connectivity index (χ0) is 26.4. The molecule has 0 unspecified atom stereocenters. The molecule has 0 spiro atoms. The van der Waals surface area contributed by atoms with Gasteiger partial charge in [-0.3, -0.25) is 14.4 Å². The predicted molar refractivity (Wildman–Crippen MR) is 135 cm³/mol. The molecule has 0 saturated carbocycles. The molecule has 1 aliphatic rings. The van der Waals surface area contributed by atoms with Crippen LogP contribution in [0.3, 0.4) is 0 Å². The van der Waals surface area contributed by atoms with E-state index in [1.165, 1.54) is 24.3 Å². The average molecular weight is 500 g/mol. The smallest absolute Gasteiger partial charge is 0.257 e. The number of halogens is 1. The average Bonchev–Trinajstić information content (AvgIpc) is 2.87. The fourth-order valence-electron chi connectivity index (χ4n) is 4.21. The summed E-state index contributed by atoms with van der Waals surface area (Å²) in [5.74, 6) is -0.803. The van der Waals surface area contributed by atoms with Gasteiger partial charge in [0.25, 0.3) is 11.8 Å². The van der Waals surface area contributed by atoms with Gasteiger partial charge in [0, 0.05) is 50.8 Å². The summed E-state index contributed by atoms with van der Waals surface area (Å²) in [5.41, 5.74) is 0.960. The molecule has 1 heterocycles. The van der Waals surface area contributed by atoms with E-state index in [9.17, 15) is 18.8 Å². The lowest BCUT2D eigenvalue weighted by atomic mass is 10.0. The molecule has 194 valence electrons. The zero-order valence-corrected chi connectivity index (χ0v) is 21.4. The van der Waals surface area contributed by atoms with Gasteiger partial charge in [0.15, 0.2) is 0 Å². The Kier molecular flexibility index (Phi) is 9.03. The van der Waals surface area contributed by atoms with Gasteiger partial charge in [-0.15, -0.1) is 0 Å². The third kappa shape index (κ3) is 6.40. The summed E-state index contributed by atoms with van der Waals surface area (Å²) in [6, 6.07) is 9.79. The third-order valence-corrected chi connectivity index (χ3v) is 6.43. The fraction of sp³-hybridized carbons (Fsp3) is 0.444. The van der Waals surface area contributed by atoms with Crippen molar-refractivity contribution >= 4 is 23.4 Å². The number of hydrogen-bond donors (Lipinski definition) is 1. The van der Waals surface area contributed by atoms with Crippen LogP contribution in [0.5, 0.6) is 5.75 Å². The molecule has 3 rings (SSSR count). The number of carbonyl (C=O) groups is 3. The van der Waals surface area contributed by atoms with Gasteiger partial charge in [0.05, 0.1) is 17.7 Å². The number of rotatable bonds is 4. The van der Waals surface area contributed by atoms with E-state index in [0.29, 0.717) is 30.9 Å². The SMILES string of the molecule is CCC(=O)N1C[C@@H](C)[C@@H](OC)CN(C)C(=O)c2cc(NC(=O)c3ccc(F)cc3)ccc2OC[C@@H]1C. The van der Waals surface area contributed by atoms with Gasteiger partial charge in [0.2, 0.25) is 5.91 Å². The van der Waals surface area contributed by atoms with E-state index in [-0.39, 0.29) is 47.6 Å². The van der Waals surface area contributed by atoms with Gasteiger partial charge >= 0.3 is 0 Å². The van der Waals surface area contributed by atoms with E-state index >= 15 is 0 Å². The Morgan fingerprint density at radius 1 is 1.14 bits per heavy atom. The van der Waals surface area contributed by atoms with Crippen LogP contribution in [0.25, 0.3) is 0 Å². The van der Waals surface area contributed by atoms with Crippen molar-refractivity contribution in [3.8, 4) is 5.75 Å². The molecule has 8 nitrogen and oxygen atoms in total. The number of nitrogens with one attached hydrogen (secondary N) is 1. The molecule has 2 aromatic carbocycles. The van der Waals surface area contributed by atoms with E-state index < -0.39 is 11.7 Å². The number of likely N-dealkylation sites (N-methyl/N-ethyl adjacent to an activating group) is 1. The number of carbonyl (C=O) groups excluding carboxylic acids is 3. The quantitative estimate of drug-likeness (QED) is 0.691. The summed E-state index contributed by atoms with van der Waals surface area (Å²) in [4.78, 5) is 42.1. The number of methoxy groups -OCH3 is 1. The monoisotopic (exact) mass is 499 g/mol. The minimum absolute atomic E-state index is 0.0216. The lowest BCUT2D eigenvalue weighted by Gasteiger charge is -2.36. The van der Waals surface area contributed by atoms with Crippen LogP contribution in [0.15, 0.2) is 42.5 Å². The van der Waals surface area contributed by atoms with Crippen molar-refractivity contribution in [2.75, 3.05) is 39.2 Å². The van der Waals surface area contributed by atoms with Crippen molar-refractivity contribution < 1.29 is 28.2 Å². The Balaban J connectivity index is 1.93. The highest BCUT2D eigenvalue weighted by Gasteiger charge is 2.30. The second-order valence-corrected chi connectivity index (χ2v) is 9.17. The van der Waals surface area contributed by atoms with Crippen molar-refractivity contribution in [1.29, 1.82) is 0 Å². The molecular weight excluding hydrogens is 465 g/mol. The molecule has 3 atom stereocenters. The van der Waals surface area contributed by atoms with Crippen molar-refractivity contribution in [2.45, 2.75) is 39.3 Å². The summed E-state index contributed by atoms with van der Waals surface area (Å²) in [6.45, 7) is 6.73. The zero-order valence-electron chi connectivity index (χ0n) is 21.4. The maximum Gasteiger partial charge on any atom is 0.257 e. The van der Waals surface area contributed by atoms with Crippen LogP contribution in [-0.2, 0) is 9.53 Å². The first-order chi connectivity index (χ1) is 17.1. The summed E-state index contributed by atoms with van der Waals surface area (Å²) < 4.78 is 24.9. The highest BCUT2D eigenvalue weighted by molar-refractivity contribution is 6.05. The van der Waals surface area contributed by atoms with Crippen molar-refractivity contribution in [1.82, 2.24) is 9.80 Å². The van der Waals surface area contributed by atoms with Crippen LogP contribution in [0.4, 0.5) is 10.1 Å². The maximum absolute atomic E-state index is 13.4. The van der Waals surface area contributed by atoms with Gasteiger partial charge < -0.3 is 24.6 Å². The Hall–Kier alpha value is -3.46. The third-order valence-electron chi connectivity index (χ3n) is 6.43. The molecule has 9 heteroatoms. The van der Waals surface area contributed by atoms with Crippen LogP contribution in [0, 0.1) is 11.7 Å². The summed E-state index contributed by atoms with van der Waals surface area (Å²) >= 11 is 0. The van der Waals surface area contributed by atoms with Crippen LogP contribution >= 0.6 is 0 Å². The predicted octanol–water partition coefficient (Wildman–Crippen LogP) is 3.82. The Morgan fingerprint density at radius 3 is 2.47 bits per heavy atom. The highest BCUT2D eigenvalue weighted by Crippen LogP contribution is 2.27. The number of benzene rings is 2. The molecular formula is C27H34FN3O5. The topological polar surface area (TPSA) is 88.2 Å². The van der Waals surface area contributed by atoms with Gasteiger partial charge in [-0.05, 0) is 49.4 Å². The number of anilines is 1. The number of amides is 3. The second kappa shape index (κ2) is 12.0. The van der Waals surface area contributed by atoms with Gasteiger partial charge in [-0.25, -0.2) is 4.39 Å². The molecule has 3 amide bonds. The highest BCUT2D eigenvalue weighted by atomic mass is 19.1. The molecule has 0 aromatic heterocycles. The summed E-state index contributed by atoms with van der Waals surface area (Å²) in [6.07, 6.45) is 0.0873. The summed E-state index contributed by atoms with van der Waals surface area (Å²) in [7, 11) is 3.28. The number of nitrogens with zero attached hydrogens (tertiary/aromatic N) is 2. The van der Waals surface area contributed by atoms with Crippen LogP contribution < -0.4 is 10.1 Å². The van der Waals surface area contributed by atoms with Crippen LogP contribution in [0.1, 0.15) is 47.9 Å². The normalized spacial score (nSPS) is 21.1. The number of fused-ring (bicyclic) bond motifs is 1. The number of hydrogen-bond acceptors (Lipinski definition) is 5. The standard InChI is InChI=1S/C27H34FN3O5/c1-6-25(32)31-14-17(2)24(35-5)15-30(4)27(34)22-13-21(11-12-23(22)36-16-18(31)3)29-26(33)19-7-9-20(28)10-8-19/h7-13,17-18,24H,6,14-16H2,1-5H3,(H,29,33)/t17-,18+,24+/m1/s1. The Labute approximate surface area is 211 Å². The van der Waals surface area contributed by atoms with Crippen molar-refractivity contribution in [2.24, 2.45) is 5.92 Å². The Bertz CT molecular complexity index is 1090. The van der Waals surface area contributed by atoms with Gasteiger partial charge in [-0.2, -0.15) is 0 Å². The number of ether oxygens (including phenoxy) is 2. The Morgan fingerprint density at radius 2 is 1.83 bits per heavy atom. The molecule has 36 heavy (non-hydrogen) atoms. The van der Waals surface area contributed by atoms with Crippen molar-refractivity contribution in [3.05, 3.63) is 59.4 Å². The van der Waals surface area contributed by atoms with Crippen LogP contribution in [0.2, 0.25) is 0 Å². The molecule has 0 aliphatic carbocycles. The van der Waals surface area contributed by atoms with Crippen molar-refractivity contribution in [3.63, 3.8) is 0 Å². The van der Waals surface area contributed by atoms with E-state index in [1.54, 1.807) is 42.2 Å². The first-order valence-corrected chi connectivity index (χ1v) is 12.1. The van der Waals surface area contributed by atoms with Gasteiger partial charge in [0.1, 0.15) is 18.2 Å². The lowest BCUT2D eigenvalue weighted by molar-refractivity contribution is -0.135. The van der Waals surface area contributed by atoms with Crippen LogP contribution in [-0.4, -0.2) is 73.5 Å². The molecule has 0 fully saturated rings. The first kappa shape index (κ1) is 27.1. The minimum Gasteiger partial charge on any atom is -0.491 e. The largest absolute Gasteiger partial charge is 0.491 e. The fourth-order valence-corrected chi connectivity index (χ4v) is 4.21. The van der Waals surface area contributed by atoms with E-state index in [2.05, 4.69) is 5.32 Å². The molecule has 2 aromatic rings. The lowest BCUT2D eigenvalue weighted by Crippen LogP contribution is -2.48.